The zero-order valence-electron chi connectivity index (χ0n) is 17.0. The van der Waals surface area contributed by atoms with Gasteiger partial charge in [-0.1, -0.05) is 60.7 Å². The van der Waals surface area contributed by atoms with E-state index in [9.17, 15) is 4.39 Å². The lowest BCUT2D eigenvalue weighted by molar-refractivity contribution is 0.121. The minimum Gasteiger partial charge on any atom is -0.496 e. The third-order valence-corrected chi connectivity index (χ3v) is 5.75. The van der Waals surface area contributed by atoms with Crippen LogP contribution in [0.5, 0.6) is 5.75 Å². The van der Waals surface area contributed by atoms with E-state index in [4.69, 9.17) is 4.74 Å². The maximum absolute atomic E-state index is 14.3. The number of benzene rings is 3. The molecule has 1 aliphatic rings. The molecule has 0 radical (unpaired) electrons. The molecule has 1 fully saturated rings. The zero-order valence-corrected chi connectivity index (χ0v) is 17.0. The molecule has 1 heterocycles. The highest BCUT2D eigenvalue weighted by Crippen LogP contribution is 2.37. The largest absolute Gasteiger partial charge is 0.496 e. The smallest absolute Gasteiger partial charge is 0.127 e. The average molecular weight is 391 g/mol. The fraction of sp³-hybridized carbons (Fsp3) is 0.280. The molecule has 3 aromatic rings. The Bertz CT molecular complexity index is 919. The van der Waals surface area contributed by atoms with Gasteiger partial charge in [0.1, 0.15) is 11.6 Å². The Hall–Kier alpha value is -2.69. The summed E-state index contributed by atoms with van der Waals surface area (Å²) < 4.78 is 20.0. The van der Waals surface area contributed by atoms with Gasteiger partial charge in [-0.25, -0.2) is 4.39 Å². The van der Waals surface area contributed by atoms with E-state index in [2.05, 4.69) is 47.1 Å². The van der Waals surface area contributed by atoms with Crippen LogP contribution in [0.1, 0.15) is 28.4 Å². The van der Waals surface area contributed by atoms with E-state index in [1.807, 2.05) is 30.3 Å². The van der Waals surface area contributed by atoms with Gasteiger partial charge in [-0.2, -0.15) is 0 Å². The Morgan fingerprint density at radius 1 is 0.828 bits per heavy atom. The van der Waals surface area contributed by atoms with Crippen molar-refractivity contribution in [3.63, 3.8) is 0 Å². The molecule has 0 amide bonds. The summed E-state index contributed by atoms with van der Waals surface area (Å²) in [5.74, 6) is 0.719. The molecule has 0 saturated carbocycles. The van der Waals surface area contributed by atoms with Gasteiger partial charge in [0.05, 0.1) is 13.3 Å². The molecule has 0 bridgehead atoms. The van der Waals surface area contributed by atoms with Crippen LogP contribution in [-0.4, -0.2) is 30.0 Å². The Morgan fingerprint density at radius 3 is 2.10 bits per heavy atom. The van der Waals surface area contributed by atoms with E-state index >= 15 is 0 Å². The normalized spacial score (nSPS) is 17.6. The molecule has 150 valence electrons. The zero-order chi connectivity index (χ0) is 20.2. The second kappa shape index (κ2) is 8.76. The van der Waals surface area contributed by atoms with Crippen molar-refractivity contribution in [3.8, 4) is 5.75 Å². The molecule has 4 heteroatoms. The summed E-state index contributed by atoms with van der Waals surface area (Å²) in [5.41, 5.74) is 4.46. The maximum Gasteiger partial charge on any atom is 0.127 e. The van der Waals surface area contributed by atoms with E-state index < -0.39 is 0 Å². The highest BCUT2D eigenvalue weighted by atomic mass is 19.1. The molecular formula is C25H27FN2O. The minimum absolute atomic E-state index is 0.0327. The topological polar surface area (TPSA) is 15.7 Å². The Balaban J connectivity index is 1.68. The number of para-hydroxylation sites is 1. The molecule has 4 rings (SSSR count). The SMILES string of the molecule is COc1ccccc1C1N(Cc2ccccc2C)CCN1Cc1ccccc1F. The number of hydrogen-bond donors (Lipinski definition) is 0. The summed E-state index contributed by atoms with van der Waals surface area (Å²) in [7, 11) is 1.71. The number of hydrogen-bond acceptors (Lipinski definition) is 3. The Labute approximate surface area is 172 Å². The molecule has 3 aromatic carbocycles. The van der Waals surface area contributed by atoms with Gasteiger partial charge < -0.3 is 4.74 Å². The number of halogens is 1. The van der Waals surface area contributed by atoms with Crippen molar-refractivity contribution < 1.29 is 9.13 Å². The number of ether oxygens (including phenoxy) is 1. The van der Waals surface area contributed by atoms with Gasteiger partial charge in [0.25, 0.3) is 0 Å². The Morgan fingerprint density at radius 2 is 1.41 bits per heavy atom. The van der Waals surface area contributed by atoms with Crippen LogP contribution < -0.4 is 4.74 Å². The molecular weight excluding hydrogens is 363 g/mol. The van der Waals surface area contributed by atoms with E-state index in [1.54, 1.807) is 13.2 Å². The maximum atomic E-state index is 14.3. The molecule has 3 nitrogen and oxygen atoms in total. The Kier molecular flexibility index (Phi) is 5.93. The van der Waals surface area contributed by atoms with Gasteiger partial charge >= 0.3 is 0 Å². The monoisotopic (exact) mass is 390 g/mol. The minimum atomic E-state index is -0.149. The van der Waals surface area contributed by atoms with Gasteiger partial charge in [0.15, 0.2) is 0 Å². The molecule has 0 N–H and O–H groups in total. The summed E-state index contributed by atoms with van der Waals surface area (Å²) in [6.07, 6.45) is 0.0327. The first kappa shape index (κ1) is 19.6. The molecule has 0 aromatic heterocycles. The van der Waals surface area contributed by atoms with Gasteiger partial charge in [0.2, 0.25) is 0 Å². The van der Waals surface area contributed by atoms with Crippen LogP contribution in [0.15, 0.2) is 72.8 Å². The highest BCUT2D eigenvalue weighted by Gasteiger charge is 2.35. The summed E-state index contributed by atoms with van der Waals surface area (Å²) in [5, 5.41) is 0. The van der Waals surface area contributed by atoms with Crippen LogP contribution in [0.25, 0.3) is 0 Å². The molecule has 0 aliphatic carbocycles. The molecule has 1 aliphatic heterocycles. The van der Waals surface area contributed by atoms with Crippen molar-refractivity contribution in [1.82, 2.24) is 9.80 Å². The lowest BCUT2D eigenvalue weighted by atomic mass is 10.1. The third kappa shape index (κ3) is 4.19. The average Bonchev–Trinajstić information content (AvgIpc) is 3.13. The highest BCUT2D eigenvalue weighted by molar-refractivity contribution is 5.37. The third-order valence-electron chi connectivity index (χ3n) is 5.75. The number of rotatable bonds is 6. The van der Waals surface area contributed by atoms with E-state index in [0.717, 1.165) is 36.5 Å². The molecule has 0 spiro atoms. The molecule has 1 atom stereocenters. The van der Waals surface area contributed by atoms with Crippen molar-refractivity contribution in [2.75, 3.05) is 20.2 Å². The first-order chi connectivity index (χ1) is 14.2. The van der Waals surface area contributed by atoms with Crippen molar-refractivity contribution in [2.24, 2.45) is 0 Å². The van der Waals surface area contributed by atoms with Crippen molar-refractivity contribution in [3.05, 3.63) is 101 Å². The van der Waals surface area contributed by atoms with Crippen molar-refractivity contribution in [1.29, 1.82) is 0 Å². The van der Waals surface area contributed by atoms with Crippen molar-refractivity contribution >= 4 is 0 Å². The second-order valence-electron chi connectivity index (χ2n) is 7.57. The van der Waals surface area contributed by atoms with Gasteiger partial charge in [-0.3, -0.25) is 9.80 Å². The fourth-order valence-corrected chi connectivity index (χ4v) is 4.19. The predicted octanol–water partition coefficient (Wildman–Crippen LogP) is 5.16. The first-order valence-electron chi connectivity index (χ1n) is 10.1. The van der Waals surface area contributed by atoms with Gasteiger partial charge in [0, 0.05) is 37.3 Å². The first-order valence-corrected chi connectivity index (χ1v) is 10.1. The van der Waals surface area contributed by atoms with Crippen LogP contribution >= 0.6 is 0 Å². The lowest BCUT2D eigenvalue weighted by Crippen LogP contribution is -2.31. The fourth-order valence-electron chi connectivity index (χ4n) is 4.19. The summed E-state index contributed by atoms with van der Waals surface area (Å²) in [4.78, 5) is 4.80. The van der Waals surface area contributed by atoms with E-state index in [-0.39, 0.29) is 12.0 Å². The van der Waals surface area contributed by atoms with Crippen LogP contribution in [-0.2, 0) is 13.1 Å². The van der Waals surface area contributed by atoms with Gasteiger partial charge in [-0.05, 0) is 30.2 Å². The molecule has 1 saturated heterocycles. The van der Waals surface area contributed by atoms with Crippen molar-refractivity contribution in [2.45, 2.75) is 26.2 Å². The van der Waals surface area contributed by atoms with Crippen LogP contribution in [0.4, 0.5) is 4.39 Å². The van der Waals surface area contributed by atoms with Gasteiger partial charge in [-0.15, -0.1) is 0 Å². The lowest BCUT2D eigenvalue weighted by Gasteiger charge is -2.32. The quantitative estimate of drug-likeness (QED) is 0.578. The predicted molar refractivity (Wildman–Crippen MR) is 114 cm³/mol. The number of methoxy groups -OCH3 is 1. The number of nitrogens with zero attached hydrogens (tertiary/aromatic N) is 2. The second-order valence-corrected chi connectivity index (χ2v) is 7.57. The van der Waals surface area contributed by atoms with E-state index in [1.165, 1.54) is 17.2 Å². The van der Waals surface area contributed by atoms with E-state index in [0.29, 0.717) is 6.54 Å². The summed E-state index contributed by atoms with van der Waals surface area (Å²) >= 11 is 0. The molecule has 29 heavy (non-hydrogen) atoms. The standard InChI is InChI=1S/C25H27FN2O/c1-19-9-3-4-10-20(19)17-27-15-16-28(18-21-11-5-7-13-23(21)26)25(27)22-12-6-8-14-24(22)29-2/h3-14,25H,15-18H2,1-2H3. The summed E-state index contributed by atoms with van der Waals surface area (Å²) in [6.45, 7) is 5.37. The number of aryl methyl sites for hydroxylation is 1. The van der Waals surface area contributed by atoms with Crippen LogP contribution in [0.2, 0.25) is 0 Å². The van der Waals surface area contributed by atoms with Crippen LogP contribution in [0, 0.1) is 12.7 Å². The van der Waals surface area contributed by atoms with Crippen LogP contribution in [0.3, 0.4) is 0 Å². The summed E-state index contributed by atoms with van der Waals surface area (Å²) in [6, 6.07) is 23.7. The molecule has 1 unspecified atom stereocenters.